The van der Waals surface area contributed by atoms with Crippen LogP contribution in [0, 0.1) is 20.8 Å². The number of H-pyrrole nitrogens is 1. The van der Waals surface area contributed by atoms with Crippen LogP contribution in [0.4, 0.5) is 0 Å². The molecule has 1 aliphatic rings. The van der Waals surface area contributed by atoms with E-state index in [2.05, 4.69) is 77.2 Å². The number of imidazole rings is 1. The van der Waals surface area contributed by atoms with Gasteiger partial charge in [0.1, 0.15) is 11.9 Å². The number of piperazine rings is 1. The smallest absolute Gasteiger partial charge is 0.137 e. The lowest BCUT2D eigenvalue weighted by Crippen LogP contribution is -2.48. The van der Waals surface area contributed by atoms with E-state index in [0.29, 0.717) is 6.54 Å². The predicted octanol–water partition coefficient (Wildman–Crippen LogP) is 6.71. The molecule has 210 valence electrons. The summed E-state index contributed by atoms with van der Waals surface area (Å²) in [6, 6.07) is 28.2. The fourth-order valence-corrected chi connectivity index (χ4v) is 5.18. The number of β-amino-alcohol motifs (C(OH)–C–C–N with tert-alkyl or cyclic N) is 1. The first-order valence-corrected chi connectivity index (χ1v) is 12.9. The Morgan fingerprint density at radius 1 is 0.744 bits per heavy atom. The highest BCUT2D eigenvalue weighted by Crippen LogP contribution is 2.31. The van der Waals surface area contributed by atoms with Crippen molar-refractivity contribution in [1.82, 2.24) is 19.8 Å². The van der Waals surface area contributed by atoms with Gasteiger partial charge in [0, 0.05) is 44.0 Å². The van der Waals surface area contributed by atoms with Gasteiger partial charge in [-0.05, 0) is 31.9 Å². The highest BCUT2D eigenvalue weighted by atomic mass is 35.5. The van der Waals surface area contributed by atoms with Crippen LogP contribution >= 0.6 is 37.2 Å². The highest BCUT2D eigenvalue weighted by molar-refractivity contribution is 5.86. The summed E-state index contributed by atoms with van der Waals surface area (Å²) < 4.78 is 0. The maximum absolute atomic E-state index is 11.1. The van der Waals surface area contributed by atoms with Crippen molar-refractivity contribution < 1.29 is 5.11 Å². The number of nitrogens with zero attached hydrogens (tertiary/aromatic N) is 3. The summed E-state index contributed by atoms with van der Waals surface area (Å²) in [5, 5.41) is 11.1. The first kappa shape index (κ1) is 32.8. The molecule has 1 aliphatic heterocycles. The fraction of sp³-hybridized carbons (Fsp3) is 0.323. The third kappa shape index (κ3) is 7.85. The van der Waals surface area contributed by atoms with E-state index in [4.69, 9.17) is 4.98 Å². The minimum atomic E-state index is -0.616. The molecular weight excluding hydrogens is 551 g/mol. The van der Waals surface area contributed by atoms with Gasteiger partial charge in [0.25, 0.3) is 0 Å². The number of aliphatic hydroxyl groups is 1. The predicted molar refractivity (Wildman–Crippen MR) is 168 cm³/mol. The summed E-state index contributed by atoms with van der Waals surface area (Å²) in [4.78, 5) is 13.0. The van der Waals surface area contributed by atoms with Crippen molar-refractivity contribution in [2.75, 3.05) is 32.7 Å². The molecule has 5 nitrogen and oxygen atoms in total. The van der Waals surface area contributed by atoms with Gasteiger partial charge in [-0.15, -0.1) is 37.2 Å². The van der Waals surface area contributed by atoms with Gasteiger partial charge in [-0.1, -0.05) is 90.0 Å². The Bertz CT molecular complexity index is 1230. The summed E-state index contributed by atoms with van der Waals surface area (Å²) in [7, 11) is 0. The minimum absolute atomic E-state index is 0. The number of aromatic nitrogens is 2. The van der Waals surface area contributed by atoms with Crippen molar-refractivity contribution in [3.63, 3.8) is 0 Å². The average Bonchev–Trinajstić information content (AvgIpc) is 3.30. The van der Waals surface area contributed by atoms with Crippen LogP contribution in [0.15, 0.2) is 78.9 Å². The lowest BCUT2D eigenvalue weighted by Gasteiger charge is -2.40. The number of hydrogen-bond donors (Lipinski definition) is 2. The molecule has 4 aromatic rings. The third-order valence-electron chi connectivity index (χ3n) is 7.27. The molecule has 1 saturated heterocycles. The van der Waals surface area contributed by atoms with Crippen LogP contribution in [0.1, 0.15) is 45.8 Å². The number of rotatable bonds is 7. The van der Waals surface area contributed by atoms with E-state index in [0.717, 1.165) is 49.0 Å². The number of hydrogen-bond acceptors (Lipinski definition) is 4. The van der Waals surface area contributed by atoms with Crippen LogP contribution in [0.25, 0.3) is 11.4 Å². The van der Waals surface area contributed by atoms with E-state index in [9.17, 15) is 5.11 Å². The van der Waals surface area contributed by atoms with Gasteiger partial charge in [-0.3, -0.25) is 9.80 Å². The molecule has 3 aromatic carbocycles. The summed E-state index contributed by atoms with van der Waals surface area (Å²) in [5.41, 5.74) is 7.93. The van der Waals surface area contributed by atoms with E-state index < -0.39 is 6.10 Å². The molecule has 1 aromatic heterocycles. The van der Waals surface area contributed by atoms with Crippen LogP contribution in [0.2, 0.25) is 0 Å². The Labute approximate surface area is 250 Å². The number of aryl methyl sites for hydroxylation is 3. The Morgan fingerprint density at radius 3 is 1.77 bits per heavy atom. The summed E-state index contributed by atoms with van der Waals surface area (Å²) >= 11 is 0. The Morgan fingerprint density at radius 2 is 1.26 bits per heavy atom. The van der Waals surface area contributed by atoms with Crippen molar-refractivity contribution in [2.45, 2.75) is 32.9 Å². The molecule has 2 N–H and O–H groups in total. The number of aliphatic hydroxyl groups excluding tert-OH is 1. The Kier molecular flexibility index (Phi) is 12.5. The zero-order valence-electron chi connectivity index (χ0n) is 22.7. The first-order valence-electron chi connectivity index (χ1n) is 12.9. The quantitative estimate of drug-likeness (QED) is 0.252. The average molecular weight is 590 g/mol. The maximum atomic E-state index is 11.1. The van der Waals surface area contributed by atoms with Crippen molar-refractivity contribution in [1.29, 1.82) is 0 Å². The van der Waals surface area contributed by atoms with E-state index in [1.54, 1.807) is 0 Å². The second-order valence-corrected chi connectivity index (χ2v) is 10.0. The Balaban J connectivity index is 0.00000178. The maximum Gasteiger partial charge on any atom is 0.137 e. The van der Waals surface area contributed by atoms with Crippen molar-refractivity contribution >= 4 is 37.2 Å². The zero-order chi connectivity index (χ0) is 25.1. The van der Waals surface area contributed by atoms with Crippen LogP contribution < -0.4 is 0 Å². The van der Waals surface area contributed by atoms with E-state index in [1.807, 2.05) is 37.3 Å². The number of nitrogens with one attached hydrogen (secondary N) is 1. The standard InChI is InChI=1S/C31H36N4O.3ClH/c1-22-9-13-25(14-10-22)30(26-15-11-23(2)12-16-26)35-19-17-34(18-20-35)21-28(36)29-24(3)32-31(33-29)27-7-5-4-6-8-27;;;/h4-16,28,30,36H,17-21H2,1-3H3,(H,32,33);3*1H. The molecule has 8 heteroatoms. The van der Waals surface area contributed by atoms with Gasteiger partial charge in [0.2, 0.25) is 0 Å². The summed E-state index contributed by atoms with van der Waals surface area (Å²) in [5.74, 6) is 0.811. The van der Waals surface area contributed by atoms with Crippen LogP contribution in [0.5, 0.6) is 0 Å². The van der Waals surface area contributed by atoms with Crippen molar-refractivity contribution in [3.8, 4) is 11.4 Å². The third-order valence-corrected chi connectivity index (χ3v) is 7.27. The summed E-state index contributed by atoms with van der Waals surface area (Å²) in [6.07, 6.45) is -0.616. The Hall–Kier alpha value is -2.38. The van der Waals surface area contributed by atoms with Gasteiger partial charge < -0.3 is 10.1 Å². The zero-order valence-corrected chi connectivity index (χ0v) is 25.2. The second kappa shape index (κ2) is 14.8. The number of aromatic amines is 1. The molecule has 0 bridgehead atoms. The molecule has 0 amide bonds. The van der Waals surface area contributed by atoms with E-state index >= 15 is 0 Å². The molecular formula is C31H39Cl3N4O. The summed E-state index contributed by atoms with van der Waals surface area (Å²) in [6.45, 7) is 10.6. The van der Waals surface area contributed by atoms with Gasteiger partial charge >= 0.3 is 0 Å². The van der Waals surface area contributed by atoms with Crippen LogP contribution in [-0.4, -0.2) is 57.6 Å². The monoisotopic (exact) mass is 588 g/mol. The molecule has 1 unspecified atom stereocenters. The second-order valence-electron chi connectivity index (χ2n) is 10.0. The molecule has 5 rings (SSSR count). The molecule has 1 atom stereocenters. The van der Waals surface area contributed by atoms with E-state index in [-0.39, 0.29) is 43.3 Å². The molecule has 0 radical (unpaired) electrons. The lowest BCUT2D eigenvalue weighted by molar-refractivity contribution is 0.0606. The molecule has 0 saturated carbocycles. The van der Waals surface area contributed by atoms with Crippen molar-refractivity contribution in [2.24, 2.45) is 0 Å². The first-order chi connectivity index (χ1) is 17.5. The fourth-order valence-electron chi connectivity index (χ4n) is 5.18. The normalized spacial score (nSPS) is 14.7. The number of halogens is 3. The van der Waals surface area contributed by atoms with Gasteiger partial charge in [-0.2, -0.15) is 0 Å². The molecule has 1 fully saturated rings. The highest BCUT2D eigenvalue weighted by Gasteiger charge is 2.28. The molecule has 0 aliphatic carbocycles. The molecule has 39 heavy (non-hydrogen) atoms. The number of benzene rings is 3. The van der Waals surface area contributed by atoms with Crippen molar-refractivity contribution in [3.05, 3.63) is 113 Å². The van der Waals surface area contributed by atoms with Gasteiger partial charge in [0.15, 0.2) is 0 Å². The lowest BCUT2D eigenvalue weighted by atomic mass is 9.95. The van der Waals surface area contributed by atoms with E-state index in [1.165, 1.54) is 22.3 Å². The SMILES string of the molecule is Cc1ccc(C(c2ccc(C)cc2)N2CCN(CC(O)c3nc(-c4ccccc4)[nH]c3C)CC2)cc1.Cl.Cl.Cl. The topological polar surface area (TPSA) is 55.4 Å². The molecule has 2 heterocycles. The molecule has 0 spiro atoms. The van der Waals surface area contributed by atoms with Gasteiger partial charge in [-0.25, -0.2) is 4.98 Å². The van der Waals surface area contributed by atoms with Gasteiger partial charge in [0.05, 0.1) is 11.7 Å². The minimum Gasteiger partial charge on any atom is -0.385 e. The van der Waals surface area contributed by atoms with Crippen LogP contribution in [-0.2, 0) is 0 Å². The van der Waals surface area contributed by atoms with Crippen LogP contribution in [0.3, 0.4) is 0 Å². The largest absolute Gasteiger partial charge is 0.385 e.